The van der Waals surface area contributed by atoms with Crippen LogP contribution in [0.4, 0.5) is 13.2 Å². The van der Waals surface area contributed by atoms with Crippen molar-refractivity contribution in [1.82, 2.24) is 4.98 Å². The summed E-state index contributed by atoms with van der Waals surface area (Å²) in [5, 5.41) is 0.00345. The van der Waals surface area contributed by atoms with Gasteiger partial charge in [-0.3, -0.25) is 4.79 Å². The lowest BCUT2D eigenvalue weighted by atomic mass is 10.2. The Morgan fingerprint density at radius 2 is 2.18 bits per heavy atom. The van der Waals surface area contributed by atoms with Gasteiger partial charge in [0.05, 0.1) is 7.11 Å². The van der Waals surface area contributed by atoms with Crippen LogP contribution in [0.3, 0.4) is 0 Å². The highest BCUT2D eigenvalue weighted by Gasteiger charge is 2.33. The van der Waals surface area contributed by atoms with E-state index in [1.807, 2.05) is 0 Å². The van der Waals surface area contributed by atoms with Crippen LogP contribution in [-0.2, 0) is 5.33 Å². The van der Waals surface area contributed by atoms with E-state index in [1.54, 1.807) is 0 Å². The van der Waals surface area contributed by atoms with Gasteiger partial charge in [0, 0.05) is 17.0 Å². The molecule has 1 aromatic rings. The molecule has 0 aliphatic heterocycles. The van der Waals surface area contributed by atoms with Crippen LogP contribution in [0.1, 0.15) is 16.1 Å². The number of carbonyl (C=O) groups excluding carboxylic acids is 1. The molecular weight excluding hydrogens is 307 g/mol. The third kappa shape index (κ3) is 3.58. The Bertz CT molecular complexity index is 423. The van der Waals surface area contributed by atoms with Gasteiger partial charge in [-0.2, -0.15) is 0 Å². The second-order valence-electron chi connectivity index (χ2n) is 2.83. The molecule has 0 saturated carbocycles. The van der Waals surface area contributed by atoms with Gasteiger partial charge in [-0.25, -0.2) is 4.98 Å². The lowest BCUT2D eigenvalue weighted by Gasteiger charge is -2.14. The van der Waals surface area contributed by atoms with Gasteiger partial charge in [0.25, 0.3) is 0 Å². The smallest absolute Gasteiger partial charge is 0.481 e. The Morgan fingerprint density at radius 3 is 2.59 bits per heavy atom. The lowest BCUT2D eigenvalue weighted by Crippen LogP contribution is -2.19. The zero-order valence-electron chi connectivity index (χ0n) is 8.55. The van der Waals surface area contributed by atoms with Crippen LogP contribution in [0.5, 0.6) is 11.6 Å². The fourth-order valence-electron chi connectivity index (χ4n) is 1.10. The third-order valence-corrected chi connectivity index (χ3v) is 2.33. The molecule has 94 valence electrons. The van der Waals surface area contributed by atoms with Gasteiger partial charge in [0.15, 0.2) is 6.29 Å². The van der Waals surface area contributed by atoms with Gasteiger partial charge in [-0.1, -0.05) is 15.9 Å². The standard InChI is InChI=1S/C9H7BrF3NO3/c1-16-8-2-7(17-9(11,12)13)5(3-10)6(4-15)14-8/h2,4H,3H2,1H3. The van der Waals surface area contributed by atoms with Crippen molar-refractivity contribution >= 4 is 22.2 Å². The predicted octanol–water partition coefficient (Wildman–Crippen LogP) is 2.70. The highest BCUT2D eigenvalue weighted by molar-refractivity contribution is 9.08. The van der Waals surface area contributed by atoms with Crippen LogP contribution in [0, 0.1) is 0 Å². The van der Waals surface area contributed by atoms with Crippen LogP contribution < -0.4 is 9.47 Å². The summed E-state index contributed by atoms with van der Waals surface area (Å²) in [6.07, 6.45) is -4.51. The van der Waals surface area contributed by atoms with Gasteiger partial charge >= 0.3 is 6.36 Å². The minimum atomic E-state index is -4.84. The van der Waals surface area contributed by atoms with Crippen LogP contribution in [-0.4, -0.2) is 24.7 Å². The van der Waals surface area contributed by atoms with E-state index in [0.29, 0.717) is 6.29 Å². The zero-order valence-corrected chi connectivity index (χ0v) is 10.1. The van der Waals surface area contributed by atoms with E-state index in [1.165, 1.54) is 7.11 Å². The number of pyridine rings is 1. The minimum absolute atomic E-state index is 0.00345. The maximum atomic E-state index is 12.1. The van der Waals surface area contributed by atoms with Crippen molar-refractivity contribution < 1.29 is 27.4 Å². The van der Waals surface area contributed by atoms with Crippen molar-refractivity contribution in [1.29, 1.82) is 0 Å². The average molecular weight is 314 g/mol. The molecule has 0 amide bonds. The number of alkyl halides is 4. The Balaban J connectivity index is 3.29. The topological polar surface area (TPSA) is 48.4 Å². The first kappa shape index (κ1) is 13.8. The van der Waals surface area contributed by atoms with Crippen LogP contribution in [0.2, 0.25) is 0 Å². The molecule has 0 bridgehead atoms. The van der Waals surface area contributed by atoms with Gasteiger partial charge < -0.3 is 9.47 Å². The zero-order chi connectivity index (χ0) is 13.1. The van der Waals surface area contributed by atoms with E-state index in [-0.39, 0.29) is 22.5 Å². The van der Waals surface area contributed by atoms with Crippen molar-refractivity contribution in [2.45, 2.75) is 11.7 Å². The number of aldehydes is 1. The molecule has 8 heteroatoms. The fraction of sp³-hybridized carbons (Fsp3) is 0.333. The molecular formula is C9H7BrF3NO3. The van der Waals surface area contributed by atoms with Crippen LogP contribution in [0.15, 0.2) is 6.07 Å². The monoisotopic (exact) mass is 313 g/mol. The second-order valence-corrected chi connectivity index (χ2v) is 3.39. The summed E-state index contributed by atoms with van der Waals surface area (Å²) in [7, 11) is 1.22. The highest BCUT2D eigenvalue weighted by atomic mass is 79.9. The molecule has 0 aliphatic carbocycles. The molecule has 0 aromatic carbocycles. The Labute approximate surface area is 103 Å². The summed E-state index contributed by atoms with van der Waals surface area (Å²) in [4.78, 5) is 14.4. The third-order valence-electron chi connectivity index (χ3n) is 1.77. The molecule has 0 saturated heterocycles. The molecule has 1 rings (SSSR count). The number of hydrogen-bond acceptors (Lipinski definition) is 4. The quantitative estimate of drug-likeness (QED) is 0.633. The SMILES string of the molecule is COc1cc(OC(F)(F)F)c(CBr)c(C=O)n1. The minimum Gasteiger partial charge on any atom is -0.481 e. The largest absolute Gasteiger partial charge is 0.573 e. The molecule has 0 aliphatic rings. The normalized spacial score (nSPS) is 11.1. The van der Waals surface area contributed by atoms with E-state index in [4.69, 9.17) is 0 Å². The predicted molar refractivity (Wildman–Crippen MR) is 55.5 cm³/mol. The number of methoxy groups -OCH3 is 1. The summed E-state index contributed by atoms with van der Waals surface area (Å²) >= 11 is 2.97. The summed E-state index contributed by atoms with van der Waals surface area (Å²) in [6, 6.07) is 0.969. The summed E-state index contributed by atoms with van der Waals surface area (Å²) in [6.45, 7) is 0. The molecule has 0 radical (unpaired) electrons. The molecule has 0 N–H and O–H groups in total. The maximum absolute atomic E-state index is 12.1. The Kier molecular flexibility index (Phi) is 4.33. The molecule has 1 aromatic heterocycles. The van der Waals surface area contributed by atoms with E-state index in [0.717, 1.165) is 6.07 Å². The molecule has 0 unspecified atom stereocenters. The summed E-state index contributed by atoms with van der Waals surface area (Å²) in [5.41, 5.74) is -0.154. The van der Waals surface area contributed by atoms with Gasteiger partial charge in [-0.15, -0.1) is 13.2 Å². The van der Waals surface area contributed by atoms with Gasteiger partial charge in [-0.05, 0) is 0 Å². The van der Waals surface area contributed by atoms with Crippen LogP contribution >= 0.6 is 15.9 Å². The number of nitrogens with zero attached hydrogens (tertiary/aromatic N) is 1. The first-order chi connectivity index (χ1) is 7.91. The number of aromatic nitrogens is 1. The number of rotatable bonds is 4. The van der Waals surface area contributed by atoms with E-state index in [9.17, 15) is 18.0 Å². The number of carbonyl (C=O) groups is 1. The number of ether oxygens (including phenoxy) is 2. The molecule has 0 atom stereocenters. The molecule has 17 heavy (non-hydrogen) atoms. The molecule has 0 spiro atoms. The Morgan fingerprint density at radius 1 is 1.53 bits per heavy atom. The number of halogens is 4. The first-order valence-corrected chi connectivity index (χ1v) is 5.38. The van der Waals surface area contributed by atoms with Crippen molar-refractivity contribution in [3.05, 3.63) is 17.3 Å². The molecule has 0 fully saturated rings. The molecule has 4 nitrogen and oxygen atoms in total. The van der Waals surface area contributed by atoms with Crippen molar-refractivity contribution in [3.63, 3.8) is 0 Å². The summed E-state index contributed by atoms with van der Waals surface area (Å²) in [5.74, 6) is -0.639. The van der Waals surface area contributed by atoms with Crippen LogP contribution in [0.25, 0.3) is 0 Å². The highest BCUT2D eigenvalue weighted by Crippen LogP contribution is 2.31. The second kappa shape index (κ2) is 5.35. The van der Waals surface area contributed by atoms with E-state index >= 15 is 0 Å². The first-order valence-electron chi connectivity index (χ1n) is 4.26. The number of hydrogen-bond donors (Lipinski definition) is 0. The van der Waals surface area contributed by atoms with Gasteiger partial charge in [0.1, 0.15) is 11.4 Å². The average Bonchev–Trinajstić information content (AvgIpc) is 2.25. The van der Waals surface area contributed by atoms with Crippen molar-refractivity contribution in [2.75, 3.05) is 7.11 Å². The van der Waals surface area contributed by atoms with Crippen molar-refractivity contribution in [3.8, 4) is 11.6 Å². The molecule has 1 heterocycles. The fourth-order valence-corrected chi connectivity index (χ4v) is 1.66. The van der Waals surface area contributed by atoms with E-state index in [2.05, 4.69) is 30.4 Å². The van der Waals surface area contributed by atoms with E-state index < -0.39 is 12.1 Å². The summed E-state index contributed by atoms with van der Waals surface area (Å²) < 4.78 is 44.9. The Hall–Kier alpha value is -1.31. The van der Waals surface area contributed by atoms with Gasteiger partial charge in [0.2, 0.25) is 5.88 Å². The van der Waals surface area contributed by atoms with Crippen molar-refractivity contribution in [2.24, 2.45) is 0 Å². The lowest BCUT2D eigenvalue weighted by molar-refractivity contribution is -0.274. The maximum Gasteiger partial charge on any atom is 0.573 e.